The summed E-state index contributed by atoms with van der Waals surface area (Å²) in [7, 11) is 0. The van der Waals surface area contributed by atoms with Crippen molar-refractivity contribution >= 4 is 29.3 Å². The molecule has 0 bridgehead atoms. The van der Waals surface area contributed by atoms with Crippen LogP contribution in [-0.4, -0.2) is 42.8 Å². The van der Waals surface area contributed by atoms with Crippen LogP contribution >= 0.6 is 23.4 Å². The van der Waals surface area contributed by atoms with Gasteiger partial charge in [-0.05, 0) is 43.1 Å². The van der Waals surface area contributed by atoms with Crippen LogP contribution in [0.25, 0.3) is 0 Å². The second-order valence-electron chi connectivity index (χ2n) is 4.54. The summed E-state index contributed by atoms with van der Waals surface area (Å²) in [5.74, 6) is 0.580. The Labute approximate surface area is 130 Å². The molecular weight excluding hydrogens is 314 g/mol. The number of rotatable bonds is 4. The van der Waals surface area contributed by atoms with E-state index in [0.717, 1.165) is 25.9 Å². The number of halogens is 1. The zero-order valence-corrected chi connectivity index (χ0v) is 13.0. The summed E-state index contributed by atoms with van der Waals surface area (Å²) in [6, 6.07) is 0. The lowest BCUT2D eigenvalue weighted by atomic mass is 10.4. The monoisotopic (exact) mass is 327 g/mol. The van der Waals surface area contributed by atoms with Gasteiger partial charge in [-0.2, -0.15) is 15.0 Å². The first-order chi connectivity index (χ1) is 10.2. The van der Waals surface area contributed by atoms with Crippen LogP contribution in [0.1, 0.15) is 19.8 Å². The van der Waals surface area contributed by atoms with Crippen LogP contribution in [0.4, 0.5) is 5.95 Å². The van der Waals surface area contributed by atoms with E-state index in [1.165, 1.54) is 16.3 Å². The average Bonchev–Trinajstić information content (AvgIpc) is 3.08. The Bertz CT molecular complexity index is 694. The van der Waals surface area contributed by atoms with Crippen LogP contribution in [0, 0.1) is 0 Å². The largest absolute Gasteiger partial charge is 0.343 e. The van der Waals surface area contributed by atoms with Gasteiger partial charge in [0.2, 0.25) is 16.4 Å². The lowest BCUT2D eigenvalue weighted by molar-refractivity contribution is 0.659. The number of aromatic nitrogens is 6. The fourth-order valence-electron chi connectivity index (χ4n) is 2.17. The molecule has 1 N–H and O–H groups in total. The molecular formula is C11H14ClN7OS. The molecule has 0 atom stereocenters. The van der Waals surface area contributed by atoms with E-state index in [0.29, 0.717) is 22.8 Å². The summed E-state index contributed by atoms with van der Waals surface area (Å²) < 4.78 is 1.51. The van der Waals surface area contributed by atoms with Crippen molar-refractivity contribution in [1.29, 1.82) is 0 Å². The molecule has 0 spiro atoms. The molecule has 10 heteroatoms. The molecule has 0 aromatic carbocycles. The standard InChI is InChI=1S/C11H14ClN7OS/c1-2-19-10(20)16-17-11(19)21-9-14-7(12)13-8(15-9)18-5-3-4-6-18/h2-6H2,1H3,(H,16,20). The molecule has 8 nitrogen and oxygen atoms in total. The number of H-pyrrole nitrogens is 1. The number of nitrogens with one attached hydrogen (secondary N) is 1. The van der Waals surface area contributed by atoms with Gasteiger partial charge >= 0.3 is 5.69 Å². The highest BCUT2D eigenvalue weighted by atomic mass is 35.5. The molecule has 112 valence electrons. The van der Waals surface area contributed by atoms with Crippen LogP contribution in [0.2, 0.25) is 5.28 Å². The average molecular weight is 328 g/mol. The Morgan fingerprint density at radius 1 is 1.29 bits per heavy atom. The van der Waals surface area contributed by atoms with Crippen LogP contribution < -0.4 is 10.6 Å². The summed E-state index contributed by atoms with van der Waals surface area (Å²) >= 11 is 7.17. The van der Waals surface area contributed by atoms with Gasteiger partial charge < -0.3 is 4.90 Å². The summed E-state index contributed by atoms with van der Waals surface area (Å²) in [5, 5.41) is 7.48. The number of anilines is 1. The van der Waals surface area contributed by atoms with E-state index in [1.54, 1.807) is 0 Å². The van der Waals surface area contributed by atoms with E-state index in [1.807, 2.05) is 6.92 Å². The third-order valence-corrected chi connectivity index (χ3v) is 4.22. The first kappa shape index (κ1) is 14.3. The predicted octanol–water partition coefficient (Wildman–Crippen LogP) is 1.18. The molecule has 0 amide bonds. The molecule has 0 radical (unpaired) electrons. The van der Waals surface area contributed by atoms with Crippen LogP contribution in [0.5, 0.6) is 0 Å². The van der Waals surface area contributed by atoms with Crippen molar-refractivity contribution in [3.8, 4) is 0 Å². The minimum Gasteiger partial charge on any atom is -0.341 e. The van der Waals surface area contributed by atoms with E-state index >= 15 is 0 Å². The maximum absolute atomic E-state index is 11.5. The van der Waals surface area contributed by atoms with Gasteiger partial charge in [-0.25, -0.2) is 9.89 Å². The molecule has 0 saturated carbocycles. The highest BCUT2D eigenvalue weighted by Gasteiger charge is 2.18. The molecule has 0 aliphatic carbocycles. The second-order valence-corrected chi connectivity index (χ2v) is 5.81. The van der Waals surface area contributed by atoms with E-state index in [4.69, 9.17) is 11.6 Å². The predicted molar refractivity (Wildman–Crippen MR) is 78.9 cm³/mol. The smallest absolute Gasteiger partial charge is 0.341 e. The molecule has 2 aromatic rings. The second kappa shape index (κ2) is 6.02. The van der Waals surface area contributed by atoms with E-state index in [2.05, 4.69) is 30.0 Å². The van der Waals surface area contributed by atoms with E-state index in [-0.39, 0.29) is 11.0 Å². The quantitative estimate of drug-likeness (QED) is 0.901. The van der Waals surface area contributed by atoms with Gasteiger partial charge in [-0.3, -0.25) is 4.57 Å². The minimum absolute atomic E-state index is 0.148. The van der Waals surface area contributed by atoms with Crippen molar-refractivity contribution in [3.05, 3.63) is 15.8 Å². The fourth-order valence-corrected chi connectivity index (χ4v) is 3.21. The molecule has 3 heterocycles. The van der Waals surface area contributed by atoms with Gasteiger partial charge in [-0.15, -0.1) is 5.10 Å². The molecule has 1 aliphatic heterocycles. The van der Waals surface area contributed by atoms with Gasteiger partial charge in [0, 0.05) is 19.6 Å². The zero-order valence-electron chi connectivity index (χ0n) is 11.4. The van der Waals surface area contributed by atoms with Crippen LogP contribution in [0.3, 0.4) is 0 Å². The first-order valence-electron chi connectivity index (χ1n) is 6.67. The van der Waals surface area contributed by atoms with Gasteiger partial charge in [-0.1, -0.05) is 0 Å². The summed E-state index contributed by atoms with van der Waals surface area (Å²) in [5.41, 5.74) is -0.250. The van der Waals surface area contributed by atoms with E-state index < -0.39 is 0 Å². The van der Waals surface area contributed by atoms with Crippen LogP contribution in [0.15, 0.2) is 15.1 Å². The van der Waals surface area contributed by atoms with Gasteiger partial charge in [0.1, 0.15) is 0 Å². The molecule has 3 rings (SSSR count). The lowest BCUT2D eigenvalue weighted by Crippen LogP contribution is -2.21. The summed E-state index contributed by atoms with van der Waals surface area (Å²) in [4.78, 5) is 26.3. The van der Waals surface area contributed by atoms with Crippen molar-refractivity contribution in [3.63, 3.8) is 0 Å². The molecule has 21 heavy (non-hydrogen) atoms. The maximum atomic E-state index is 11.5. The number of aromatic amines is 1. The van der Waals surface area contributed by atoms with E-state index in [9.17, 15) is 4.79 Å². The SMILES string of the molecule is CCn1c(Sc2nc(Cl)nc(N3CCCC3)n2)n[nH]c1=O. The zero-order chi connectivity index (χ0) is 14.8. The molecule has 0 unspecified atom stereocenters. The molecule has 1 aliphatic rings. The first-order valence-corrected chi connectivity index (χ1v) is 7.86. The van der Waals surface area contributed by atoms with Crippen molar-refractivity contribution in [2.75, 3.05) is 18.0 Å². The molecule has 1 saturated heterocycles. The van der Waals surface area contributed by atoms with Crippen molar-refractivity contribution < 1.29 is 0 Å². The molecule has 2 aromatic heterocycles. The van der Waals surface area contributed by atoms with Gasteiger partial charge in [0.05, 0.1) is 0 Å². The Morgan fingerprint density at radius 2 is 2.05 bits per heavy atom. The Hall–Kier alpha value is -1.61. The number of hydrogen-bond acceptors (Lipinski definition) is 7. The summed E-state index contributed by atoms with van der Waals surface area (Å²) in [6.07, 6.45) is 2.25. The number of nitrogens with zero attached hydrogens (tertiary/aromatic N) is 6. The van der Waals surface area contributed by atoms with Gasteiger partial charge in [0.15, 0.2) is 5.16 Å². The highest BCUT2D eigenvalue weighted by Crippen LogP contribution is 2.25. The van der Waals surface area contributed by atoms with Crippen molar-refractivity contribution in [1.82, 2.24) is 29.7 Å². The van der Waals surface area contributed by atoms with Crippen LogP contribution in [-0.2, 0) is 6.54 Å². The Kier molecular flexibility index (Phi) is 4.11. The van der Waals surface area contributed by atoms with Crippen molar-refractivity contribution in [2.45, 2.75) is 36.6 Å². The van der Waals surface area contributed by atoms with Crippen molar-refractivity contribution in [2.24, 2.45) is 0 Å². The third-order valence-electron chi connectivity index (χ3n) is 3.19. The maximum Gasteiger partial charge on any atom is 0.343 e. The Balaban J connectivity index is 1.89. The number of hydrogen-bond donors (Lipinski definition) is 1. The highest BCUT2D eigenvalue weighted by molar-refractivity contribution is 7.99. The topological polar surface area (TPSA) is 92.6 Å². The normalized spacial score (nSPS) is 14.9. The minimum atomic E-state index is -0.250. The molecule has 1 fully saturated rings. The van der Waals surface area contributed by atoms with Gasteiger partial charge in [0.25, 0.3) is 0 Å². The Morgan fingerprint density at radius 3 is 2.76 bits per heavy atom. The lowest BCUT2D eigenvalue weighted by Gasteiger charge is -2.15. The summed E-state index contributed by atoms with van der Waals surface area (Å²) in [6.45, 7) is 4.24. The third kappa shape index (κ3) is 3.03. The fraction of sp³-hybridized carbons (Fsp3) is 0.545.